The molecule has 0 radical (unpaired) electrons. The Morgan fingerprint density at radius 3 is 2.54 bits per heavy atom. The number of anilines is 1. The molecule has 0 atom stereocenters. The van der Waals surface area contributed by atoms with E-state index in [4.69, 9.17) is 0 Å². The number of hydrogen-bond acceptors (Lipinski definition) is 5. The van der Waals surface area contributed by atoms with Crippen LogP contribution in [0.2, 0.25) is 0 Å². The Morgan fingerprint density at radius 2 is 1.96 bits per heavy atom. The summed E-state index contributed by atoms with van der Waals surface area (Å²) in [5, 5.41) is 16.9. The van der Waals surface area contributed by atoms with E-state index in [2.05, 4.69) is 10.4 Å². The second-order valence-corrected chi connectivity index (χ2v) is 5.29. The van der Waals surface area contributed by atoms with Gasteiger partial charge in [0.05, 0.1) is 23.9 Å². The van der Waals surface area contributed by atoms with Gasteiger partial charge in [0.1, 0.15) is 6.54 Å². The van der Waals surface area contributed by atoms with Gasteiger partial charge in [0.15, 0.2) is 0 Å². The average molecular weight is 331 g/mol. The quantitative estimate of drug-likeness (QED) is 0.631. The molecule has 1 heterocycles. The number of nitro groups is 1. The summed E-state index contributed by atoms with van der Waals surface area (Å²) in [4.78, 5) is 35.1. The minimum atomic E-state index is -0.639. The Labute approximate surface area is 138 Å². The predicted molar refractivity (Wildman–Crippen MR) is 86.3 cm³/mol. The molecule has 0 spiro atoms. The van der Waals surface area contributed by atoms with Gasteiger partial charge in [-0.3, -0.25) is 9.59 Å². The fourth-order valence-electron chi connectivity index (χ4n) is 1.94. The predicted octanol–water partition coefficient (Wildman–Crippen LogP) is 1.20. The van der Waals surface area contributed by atoms with E-state index in [0.29, 0.717) is 5.69 Å². The van der Waals surface area contributed by atoms with Gasteiger partial charge < -0.3 is 20.3 Å². The molecule has 9 nitrogen and oxygen atoms in total. The SMILES string of the molecule is Cc1ccc(NC(=O)CN(C)C(=O)Cn2ccc([N+](=O)[O-])n2)cc1. The number of hydrogen-bond donors (Lipinski definition) is 1. The number of rotatable bonds is 6. The highest BCUT2D eigenvalue weighted by atomic mass is 16.6. The van der Waals surface area contributed by atoms with Crippen LogP contribution in [0, 0.1) is 17.0 Å². The van der Waals surface area contributed by atoms with Crippen LogP contribution in [0.1, 0.15) is 5.56 Å². The lowest BCUT2D eigenvalue weighted by Crippen LogP contribution is -2.37. The van der Waals surface area contributed by atoms with E-state index in [-0.39, 0.29) is 30.7 Å². The number of carbonyl (C=O) groups excluding carboxylic acids is 2. The first-order valence-corrected chi connectivity index (χ1v) is 7.13. The third-order valence-corrected chi connectivity index (χ3v) is 3.25. The minimum absolute atomic E-state index is 0.129. The molecule has 2 aromatic rings. The molecular weight excluding hydrogens is 314 g/mol. The molecule has 0 aliphatic heterocycles. The highest BCUT2D eigenvalue weighted by Crippen LogP contribution is 2.09. The van der Waals surface area contributed by atoms with Crippen molar-refractivity contribution < 1.29 is 14.5 Å². The minimum Gasteiger partial charge on any atom is -0.358 e. The lowest BCUT2D eigenvalue weighted by molar-refractivity contribution is -0.389. The highest BCUT2D eigenvalue weighted by molar-refractivity contribution is 5.94. The van der Waals surface area contributed by atoms with Crippen molar-refractivity contribution in [3.63, 3.8) is 0 Å². The van der Waals surface area contributed by atoms with Crippen molar-refractivity contribution in [2.45, 2.75) is 13.5 Å². The monoisotopic (exact) mass is 331 g/mol. The second-order valence-electron chi connectivity index (χ2n) is 5.29. The Hall–Kier alpha value is -3.23. The average Bonchev–Trinajstić information content (AvgIpc) is 2.98. The summed E-state index contributed by atoms with van der Waals surface area (Å²) in [5.74, 6) is -1.05. The van der Waals surface area contributed by atoms with E-state index in [0.717, 1.165) is 10.2 Å². The number of aryl methyl sites for hydroxylation is 1. The zero-order valence-corrected chi connectivity index (χ0v) is 13.3. The molecular formula is C15H17N5O4. The van der Waals surface area contributed by atoms with Crippen LogP contribution >= 0.6 is 0 Å². The molecule has 0 aliphatic rings. The van der Waals surface area contributed by atoms with Crippen molar-refractivity contribution in [3.05, 3.63) is 52.2 Å². The number of nitrogens with one attached hydrogen (secondary N) is 1. The fourth-order valence-corrected chi connectivity index (χ4v) is 1.94. The molecule has 1 aromatic carbocycles. The molecule has 2 amide bonds. The van der Waals surface area contributed by atoms with Crippen LogP contribution in [0.15, 0.2) is 36.5 Å². The van der Waals surface area contributed by atoms with Gasteiger partial charge in [-0.1, -0.05) is 17.7 Å². The van der Waals surface area contributed by atoms with Crippen LogP contribution in [0.3, 0.4) is 0 Å². The first-order chi connectivity index (χ1) is 11.3. The molecule has 1 N–H and O–H groups in total. The summed E-state index contributed by atoms with van der Waals surface area (Å²) in [6, 6.07) is 8.50. The van der Waals surface area contributed by atoms with Gasteiger partial charge in [0.2, 0.25) is 11.8 Å². The molecule has 0 unspecified atom stereocenters. The summed E-state index contributed by atoms with van der Waals surface area (Å²) in [6.45, 7) is 1.63. The fraction of sp³-hybridized carbons (Fsp3) is 0.267. The van der Waals surface area contributed by atoms with E-state index >= 15 is 0 Å². The van der Waals surface area contributed by atoms with Gasteiger partial charge in [-0.15, -0.1) is 0 Å². The van der Waals surface area contributed by atoms with E-state index in [1.165, 1.54) is 24.2 Å². The zero-order chi connectivity index (χ0) is 17.7. The van der Waals surface area contributed by atoms with E-state index < -0.39 is 4.92 Å². The number of amides is 2. The zero-order valence-electron chi connectivity index (χ0n) is 13.3. The second kappa shape index (κ2) is 7.36. The third-order valence-electron chi connectivity index (χ3n) is 3.25. The molecule has 126 valence electrons. The van der Waals surface area contributed by atoms with E-state index in [1.54, 1.807) is 12.1 Å². The Balaban J connectivity index is 1.87. The molecule has 0 saturated heterocycles. The standard InChI is InChI=1S/C15H17N5O4/c1-11-3-5-12(6-4-11)16-14(21)9-18(2)15(22)10-19-8-7-13(17-19)20(23)24/h3-8H,9-10H2,1-2H3,(H,16,21). The van der Waals surface area contributed by atoms with Crippen molar-refractivity contribution in [1.82, 2.24) is 14.7 Å². The molecule has 0 aliphatic carbocycles. The number of likely N-dealkylation sites (N-methyl/N-ethyl adjacent to an activating group) is 1. The molecule has 0 fully saturated rings. The maximum Gasteiger partial charge on any atom is 0.389 e. The smallest absolute Gasteiger partial charge is 0.358 e. The van der Waals surface area contributed by atoms with Gasteiger partial charge in [-0.05, 0) is 24.0 Å². The number of nitrogens with zero attached hydrogens (tertiary/aromatic N) is 4. The number of aromatic nitrogens is 2. The summed E-state index contributed by atoms with van der Waals surface area (Å²) < 4.78 is 1.16. The maximum absolute atomic E-state index is 12.0. The third kappa shape index (κ3) is 4.63. The first kappa shape index (κ1) is 17.1. The van der Waals surface area contributed by atoms with Gasteiger partial charge in [-0.25, -0.2) is 0 Å². The lowest BCUT2D eigenvalue weighted by Gasteiger charge is -2.16. The van der Waals surface area contributed by atoms with Crippen LogP contribution in [0.4, 0.5) is 11.5 Å². The van der Waals surface area contributed by atoms with Gasteiger partial charge >= 0.3 is 5.82 Å². The van der Waals surface area contributed by atoms with Crippen LogP contribution < -0.4 is 5.32 Å². The highest BCUT2D eigenvalue weighted by Gasteiger charge is 2.17. The van der Waals surface area contributed by atoms with E-state index in [9.17, 15) is 19.7 Å². The normalized spacial score (nSPS) is 10.2. The van der Waals surface area contributed by atoms with Gasteiger partial charge in [0, 0.05) is 12.7 Å². The van der Waals surface area contributed by atoms with Crippen molar-refractivity contribution in [1.29, 1.82) is 0 Å². The molecule has 1 aromatic heterocycles. The van der Waals surface area contributed by atoms with Crippen molar-refractivity contribution in [2.75, 3.05) is 18.9 Å². The van der Waals surface area contributed by atoms with Crippen molar-refractivity contribution >= 4 is 23.3 Å². The molecule has 0 saturated carbocycles. The Morgan fingerprint density at radius 1 is 1.29 bits per heavy atom. The van der Waals surface area contributed by atoms with Gasteiger partial charge in [-0.2, -0.15) is 4.68 Å². The lowest BCUT2D eigenvalue weighted by atomic mass is 10.2. The van der Waals surface area contributed by atoms with Crippen LogP contribution in [-0.2, 0) is 16.1 Å². The number of carbonyl (C=O) groups is 2. The Kier molecular flexibility index (Phi) is 5.25. The topological polar surface area (TPSA) is 110 Å². The molecule has 0 bridgehead atoms. The summed E-state index contributed by atoms with van der Waals surface area (Å²) in [7, 11) is 1.48. The Bertz CT molecular complexity index is 753. The van der Waals surface area contributed by atoms with Crippen LogP contribution in [0.5, 0.6) is 0 Å². The van der Waals surface area contributed by atoms with Crippen molar-refractivity contribution in [2.24, 2.45) is 0 Å². The van der Waals surface area contributed by atoms with Crippen LogP contribution in [-0.4, -0.2) is 45.0 Å². The summed E-state index contributed by atoms with van der Waals surface area (Å²) in [6.07, 6.45) is 1.34. The first-order valence-electron chi connectivity index (χ1n) is 7.13. The largest absolute Gasteiger partial charge is 0.389 e. The molecule has 9 heteroatoms. The van der Waals surface area contributed by atoms with Crippen LogP contribution in [0.25, 0.3) is 0 Å². The van der Waals surface area contributed by atoms with Crippen molar-refractivity contribution in [3.8, 4) is 0 Å². The summed E-state index contributed by atoms with van der Waals surface area (Å²) in [5.41, 5.74) is 1.72. The summed E-state index contributed by atoms with van der Waals surface area (Å²) >= 11 is 0. The molecule has 2 rings (SSSR count). The van der Waals surface area contributed by atoms with E-state index in [1.807, 2.05) is 19.1 Å². The molecule has 24 heavy (non-hydrogen) atoms. The maximum atomic E-state index is 12.0. The number of benzene rings is 1. The van der Waals surface area contributed by atoms with Gasteiger partial charge in [0.25, 0.3) is 0 Å².